The van der Waals surface area contributed by atoms with E-state index >= 15 is 0 Å². The minimum absolute atomic E-state index is 0.891. The molecule has 1 N–H and O–H groups in total. The predicted octanol–water partition coefficient (Wildman–Crippen LogP) is 2.97. The molecule has 1 aliphatic heterocycles. The number of hydrogen-bond acceptors (Lipinski definition) is 1. The first-order chi connectivity index (χ1) is 5.88. The Labute approximate surface area is 78.7 Å². The molecule has 2 rings (SSSR count). The van der Waals surface area contributed by atoms with Gasteiger partial charge in [-0.15, -0.1) is 0 Å². The van der Waals surface area contributed by atoms with E-state index < -0.39 is 0 Å². The summed E-state index contributed by atoms with van der Waals surface area (Å²) in [6, 6.07) is 6.04. The van der Waals surface area contributed by atoms with Crippen LogP contribution in [0.4, 0.5) is 0 Å². The first-order valence-electron chi connectivity index (χ1n) is 4.35. The molecule has 0 aromatic heterocycles. The van der Waals surface area contributed by atoms with Crippen LogP contribution in [0.2, 0.25) is 5.02 Å². The molecule has 1 heterocycles. The Balaban J connectivity index is 0.000000336. The SMILES string of the molecule is CC.Clc1cccc2c1CNC2. The van der Waals surface area contributed by atoms with Gasteiger partial charge in [-0.3, -0.25) is 0 Å². The fourth-order valence-corrected chi connectivity index (χ4v) is 1.55. The van der Waals surface area contributed by atoms with Gasteiger partial charge in [-0.1, -0.05) is 37.6 Å². The smallest absolute Gasteiger partial charge is 0.0454 e. The number of rotatable bonds is 0. The van der Waals surface area contributed by atoms with Crippen molar-refractivity contribution in [3.05, 3.63) is 34.3 Å². The van der Waals surface area contributed by atoms with Gasteiger partial charge in [0.15, 0.2) is 0 Å². The Hall–Kier alpha value is -0.530. The third-order valence-electron chi connectivity index (χ3n) is 1.83. The second kappa shape index (κ2) is 4.48. The van der Waals surface area contributed by atoms with Crippen LogP contribution in [0.1, 0.15) is 25.0 Å². The van der Waals surface area contributed by atoms with Crippen LogP contribution in [0.15, 0.2) is 18.2 Å². The lowest BCUT2D eigenvalue weighted by molar-refractivity contribution is 0.765. The zero-order valence-electron chi connectivity index (χ0n) is 7.52. The summed E-state index contributed by atoms with van der Waals surface area (Å²) in [5.41, 5.74) is 2.61. The maximum absolute atomic E-state index is 5.93. The Morgan fingerprint density at radius 3 is 2.67 bits per heavy atom. The van der Waals surface area contributed by atoms with E-state index in [1.807, 2.05) is 26.0 Å². The van der Waals surface area contributed by atoms with Gasteiger partial charge in [0.1, 0.15) is 0 Å². The Morgan fingerprint density at radius 1 is 1.25 bits per heavy atom. The summed E-state index contributed by atoms with van der Waals surface area (Å²) in [5.74, 6) is 0. The molecule has 12 heavy (non-hydrogen) atoms. The van der Waals surface area contributed by atoms with Crippen molar-refractivity contribution in [2.45, 2.75) is 26.9 Å². The van der Waals surface area contributed by atoms with Crippen molar-refractivity contribution >= 4 is 11.6 Å². The van der Waals surface area contributed by atoms with Crippen molar-refractivity contribution in [2.24, 2.45) is 0 Å². The lowest BCUT2D eigenvalue weighted by Crippen LogP contribution is -2.00. The van der Waals surface area contributed by atoms with E-state index in [1.54, 1.807) is 0 Å². The van der Waals surface area contributed by atoms with Gasteiger partial charge in [0.05, 0.1) is 0 Å². The number of halogens is 1. The van der Waals surface area contributed by atoms with Gasteiger partial charge in [0, 0.05) is 18.1 Å². The second-order valence-corrected chi connectivity index (χ2v) is 2.89. The fraction of sp³-hybridized carbons (Fsp3) is 0.400. The van der Waals surface area contributed by atoms with Crippen molar-refractivity contribution in [3.63, 3.8) is 0 Å². The Morgan fingerprint density at radius 2 is 2.00 bits per heavy atom. The first kappa shape index (κ1) is 9.56. The highest BCUT2D eigenvalue weighted by molar-refractivity contribution is 6.31. The second-order valence-electron chi connectivity index (χ2n) is 2.48. The van der Waals surface area contributed by atoms with Crippen LogP contribution in [0.3, 0.4) is 0 Å². The molecule has 1 nitrogen and oxygen atoms in total. The van der Waals surface area contributed by atoms with Gasteiger partial charge in [-0.25, -0.2) is 0 Å². The largest absolute Gasteiger partial charge is 0.309 e. The molecule has 0 atom stereocenters. The highest BCUT2D eigenvalue weighted by Crippen LogP contribution is 2.23. The van der Waals surface area contributed by atoms with Crippen LogP contribution < -0.4 is 5.32 Å². The van der Waals surface area contributed by atoms with Gasteiger partial charge in [-0.05, 0) is 17.2 Å². The lowest BCUT2D eigenvalue weighted by Gasteiger charge is -1.97. The molecule has 1 aromatic carbocycles. The Kier molecular flexibility index (Phi) is 3.57. The zero-order valence-corrected chi connectivity index (χ0v) is 8.28. The average molecular weight is 184 g/mol. The molecule has 0 bridgehead atoms. The Bertz CT molecular complexity index is 258. The topological polar surface area (TPSA) is 12.0 Å². The van der Waals surface area contributed by atoms with Crippen LogP contribution in [-0.4, -0.2) is 0 Å². The van der Waals surface area contributed by atoms with Crippen LogP contribution in [-0.2, 0) is 13.1 Å². The van der Waals surface area contributed by atoms with Gasteiger partial charge < -0.3 is 5.32 Å². The van der Waals surface area contributed by atoms with Crippen molar-refractivity contribution in [2.75, 3.05) is 0 Å². The number of nitrogens with one attached hydrogen (secondary N) is 1. The van der Waals surface area contributed by atoms with E-state index in [0.717, 1.165) is 18.1 Å². The summed E-state index contributed by atoms with van der Waals surface area (Å²) in [4.78, 5) is 0. The molecule has 1 aromatic rings. The van der Waals surface area contributed by atoms with E-state index in [0.29, 0.717) is 0 Å². The molecule has 0 saturated carbocycles. The molecule has 1 aliphatic rings. The highest BCUT2D eigenvalue weighted by Gasteiger charge is 2.11. The molecule has 0 spiro atoms. The van der Waals surface area contributed by atoms with Gasteiger partial charge >= 0.3 is 0 Å². The average Bonchev–Trinajstić information content (AvgIpc) is 2.57. The predicted molar refractivity (Wildman–Crippen MR) is 53.3 cm³/mol. The van der Waals surface area contributed by atoms with E-state index in [2.05, 4.69) is 11.4 Å². The van der Waals surface area contributed by atoms with Crippen LogP contribution in [0.5, 0.6) is 0 Å². The van der Waals surface area contributed by atoms with Crippen molar-refractivity contribution in [1.82, 2.24) is 5.32 Å². The monoisotopic (exact) mass is 183 g/mol. The molecule has 0 radical (unpaired) electrons. The van der Waals surface area contributed by atoms with Crippen LogP contribution in [0, 0.1) is 0 Å². The van der Waals surface area contributed by atoms with E-state index in [9.17, 15) is 0 Å². The quantitative estimate of drug-likeness (QED) is 0.652. The summed E-state index contributed by atoms with van der Waals surface area (Å²) in [6.45, 7) is 5.89. The maximum atomic E-state index is 5.93. The third kappa shape index (κ3) is 1.79. The van der Waals surface area contributed by atoms with E-state index in [1.165, 1.54) is 11.1 Å². The van der Waals surface area contributed by atoms with Crippen LogP contribution >= 0.6 is 11.6 Å². The van der Waals surface area contributed by atoms with E-state index in [4.69, 9.17) is 11.6 Å². The summed E-state index contributed by atoms with van der Waals surface area (Å²) in [7, 11) is 0. The summed E-state index contributed by atoms with van der Waals surface area (Å²) in [6.07, 6.45) is 0. The molecule has 0 amide bonds. The molecule has 0 unspecified atom stereocenters. The summed E-state index contributed by atoms with van der Waals surface area (Å²) < 4.78 is 0. The van der Waals surface area contributed by atoms with Crippen LogP contribution in [0.25, 0.3) is 0 Å². The number of benzene rings is 1. The standard InChI is InChI=1S/C8H8ClN.C2H6/c9-8-3-1-2-6-4-10-5-7(6)8;1-2/h1-3,10H,4-5H2;1-2H3. The molecule has 0 aliphatic carbocycles. The lowest BCUT2D eigenvalue weighted by atomic mass is 10.1. The van der Waals surface area contributed by atoms with Crippen molar-refractivity contribution in [3.8, 4) is 0 Å². The first-order valence-corrected chi connectivity index (χ1v) is 4.73. The van der Waals surface area contributed by atoms with Crippen molar-refractivity contribution in [1.29, 1.82) is 0 Å². The molecule has 2 heteroatoms. The molecular weight excluding hydrogens is 170 g/mol. The summed E-state index contributed by atoms with van der Waals surface area (Å²) in [5, 5.41) is 4.14. The van der Waals surface area contributed by atoms with Gasteiger partial charge in [-0.2, -0.15) is 0 Å². The molecular formula is C10H14ClN. The fourth-order valence-electron chi connectivity index (χ4n) is 1.29. The number of hydrogen-bond donors (Lipinski definition) is 1. The van der Waals surface area contributed by atoms with Gasteiger partial charge in [0.25, 0.3) is 0 Å². The minimum atomic E-state index is 0.891. The number of fused-ring (bicyclic) bond motifs is 1. The van der Waals surface area contributed by atoms with Crippen molar-refractivity contribution < 1.29 is 0 Å². The van der Waals surface area contributed by atoms with Gasteiger partial charge in [0.2, 0.25) is 0 Å². The minimum Gasteiger partial charge on any atom is -0.309 e. The molecule has 0 saturated heterocycles. The molecule has 66 valence electrons. The summed E-state index contributed by atoms with van der Waals surface area (Å²) >= 11 is 5.93. The maximum Gasteiger partial charge on any atom is 0.0454 e. The third-order valence-corrected chi connectivity index (χ3v) is 2.19. The molecule has 0 fully saturated rings. The highest BCUT2D eigenvalue weighted by atomic mass is 35.5. The zero-order chi connectivity index (χ0) is 8.97. The van der Waals surface area contributed by atoms with E-state index in [-0.39, 0.29) is 0 Å². The normalized spacial score (nSPS) is 13.2.